The second kappa shape index (κ2) is 3.46. The molecule has 1 aromatic heterocycles. The molecule has 66 valence electrons. The third-order valence-electron chi connectivity index (χ3n) is 2.35. The van der Waals surface area contributed by atoms with Crippen LogP contribution in [0.4, 0.5) is 5.00 Å². The van der Waals surface area contributed by atoms with Crippen LogP contribution in [-0.2, 0) is 0 Å². The Morgan fingerprint density at radius 2 is 2.42 bits per heavy atom. The maximum atomic E-state index is 5.68. The van der Waals surface area contributed by atoms with E-state index in [0.717, 1.165) is 11.5 Å². The number of thiophene rings is 1. The number of rotatable bonds is 1. The van der Waals surface area contributed by atoms with Crippen LogP contribution < -0.4 is 11.1 Å². The molecule has 1 atom stereocenters. The zero-order valence-corrected chi connectivity index (χ0v) is 7.86. The molecule has 0 bridgehead atoms. The molecule has 2 rings (SSSR count). The number of anilines is 1. The second-order valence-corrected chi connectivity index (χ2v) is 4.43. The average molecular weight is 182 g/mol. The maximum absolute atomic E-state index is 5.68. The molecule has 3 N–H and O–H groups in total. The summed E-state index contributed by atoms with van der Waals surface area (Å²) < 4.78 is 0. The fraction of sp³-hybridized carbons (Fsp3) is 0.556. The number of nitrogens with one attached hydrogen (secondary N) is 1. The van der Waals surface area contributed by atoms with Crippen LogP contribution in [0, 0.1) is 0 Å². The molecule has 2 heterocycles. The Morgan fingerprint density at radius 3 is 3.00 bits per heavy atom. The van der Waals surface area contributed by atoms with Crippen LogP contribution in [-0.4, -0.2) is 13.1 Å². The van der Waals surface area contributed by atoms with Gasteiger partial charge in [0.2, 0.25) is 0 Å². The SMILES string of the molecule is Nc1ccc(C2CCCNC2)s1. The van der Waals surface area contributed by atoms with E-state index in [0.29, 0.717) is 5.92 Å². The van der Waals surface area contributed by atoms with Gasteiger partial charge < -0.3 is 11.1 Å². The molecule has 0 radical (unpaired) electrons. The summed E-state index contributed by atoms with van der Waals surface area (Å²) in [5.41, 5.74) is 5.68. The van der Waals surface area contributed by atoms with Crippen LogP contribution in [0.1, 0.15) is 23.6 Å². The van der Waals surface area contributed by atoms with E-state index in [4.69, 9.17) is 5.73 Å². The van der Waals surface area contributed by atoms with Gasteiger partial charge in [-0.1, -0.05) is 0 Å². The van der Waals surface area contributed by atoms with Crippen molar-refractivity contribution in [2.45, 2.75) is 18.8 Å². The van der Waals surface area contributed by atoms with Crippen LogP contribution in [0.5, 0.6) is 0 Å². The van der Waals surface area contributed by atoms with Gasteiger partial charge in [-0.3, -0.25) is 0 Å². The largest absolute Gasteiger partial charge is 0.391 e. The fourth-order valence-corrected chi connectivity index (χ4v) is 2.59. The first-order chi connectivity index (χ1) is 5.86. The van der Waals surface area contributed by atoms with Crippen LogP contribution in [0.3, 0.4) is 0 Å². The number of nitrogen functional groups attached to an aromatic ring is 1. The van der Waals surface area contributed by atoms with Gasteiger partial charge in [-0.05, 0) is 31.5 Å². The third-order valence-corrected chi connectivity index (χ3v) is 3.42. The van der Waals surface area contributed by atoms with Crippen molar-refractivity contribution < 1.29 is 0 Å². The molecule has 0 amide bonds. The Bertz CT molecular complexity index is 251. The number of hydrogen-bond donors (Lipinski definition) is 2. The summed E-state index contributed by atoms with van der Waals surface area (Å²) in [5.74, 6) is 0.709. The van der Waals surface area contributed by atoms with Gasteiger partial charge in [0.05, 0.1) is 5.00 Å². The molecule has 1 saturated heterocycles. The molecule has 1 aliphatic rings. The summed E-state index contributed by atoms with van der Waals surface area (Å²) in [6.07, 6.45) is 2.61. The average Bonchev–Trinajstić information content (AvgIpc) is 2.54. The van der Waals surface area contributed by atoms with Gasteiger partial charge in [0.1, 0.15) is 0 Å². The third kappa shape index (κ3) is 1.62. The van der Waals surface area contributed by atoms with Gasteiger partial charge in [0.15, 0.2) is 0 Å². The highest BCUT2D eigenvalue weighted by atomic mass is 32.1. The molecule has 12 heavy (non-hydrogen) atoms. The van der Waals surface area contributed by atoms with Gasteiger partial charge in [-0.15, -0.1) is 11.3 Å². The van der Waals surface area contributed by atoms with Gasteiger partial charge in [-0.25, -0.2) is 0 Å². The van der Waals surface area contributed by atoms with E-state index in [1.165, 1.54) is 24.3 Å². The van der Waals surface area contributed by atoms with Crippen molar-refractivity contribution >= 4 is 16.3 Å². The van der Waals surface area contributed by atoms with E-state index in [9.17, 15) is 0 Å². The summed E-state index contributed by atoms with van der Waals surface area (Å²) >= 11 is 1.73. The number of hydrogen-bond acceptors (Lipinski definition) is 3. The van der Waals surface area contributed by atoms with E-state index >= 15 is 0 Å². The van der Waals surface area contributed by atoms with Crippen molar-refractivity contribution in [2.75, 3.05) is 18.8 Å². The lowest BCUT2D eigenvalue weighted by Crippen LogP contribution is -2.27. The Hall–Kier alpha value is -0.540. The molecule has 1 aliphatic heterocycles. The lowest BCUT2D eigenvalue weighted by Gasteiger charge is -2.21. The molecular weight excluding hydrogens is 168 g/mol. The molecule has 1 fully saturated rings. The molecule has 0 spiro atoms. The highest BCUT2D eigenvalue weighted by molar-refractivity contribution is 7.15. The molecule has 3 heteroatoms. The van der Waals surface area contributed by atoms with E-state index < -0.39 is 0 Å². The number of nitrogens with two attached hydrogens (primary N) is 1. The highest BCUT2D eigenvalue weighted by Crippen LogP contribution is 2.30. The minimum atomic E-state index is 0.709. The molecule has 0 aliphatic carbocycles. The van der Waals surface area contributed by atoms with Crippen molar-refractivity contribution in [3.05, 3.63) is 17.0 Å². The number of piperidine rings is 1. The van der Waals surface area contributed by atoms with Crippen molar-refractivity contribution in [2.24, 2.45) is 0 Å². The first kappa shape index (κ1) is 8.08. The second-order valence-electron chi connectivity index (χ2n) is 3.28. The Kier molecular flexibility index (Phi) is 2.33. The van der Waals surface area contributed by atoms with Gasteiger partial charge >= 0.3 is 0 Å². The molecule has 0 saturated carbocycles. The zero-order valence-electron chi connectivity index (χ0n) is 7.05. The van der Waals surface area contributed by atoms with Gasteiger partial charge in [-0.2, -0.15) is 0 Å². The summed E-state index contributed by atoms with van der Waals surface area (Å²) in [6, 6.07) is 4.17. The Balaban J connectivity index is 2.08. The summed E-state index contributed by atoms with van der Waals surface area (Å²) in [6.45, 7) is 2.30. The van der Waals surface area contributed by atoms with E-state index in [1.54, 1.807) is 11.3 Å². The van der Waals surface area contributed by atoms with Crippen LogP contribution >= 0.6 is 11.3 Å². The van der Waals surface area contributed by atoms with Crippen molar-refractivity contribution in [1.29, 1.82) is 0 Å². The first-order valence-corrected chi connectivity index (χ1v) is 5.24. The van der Waals surface area contributed by atoms with Gasteiger partial charge in [0, 0.05) is 17.3 Å². The molecule has 1 aromatic rings. The molecule has 0 aromatic carbocycles. The predicted molar refractivity (Wildman–Crippen MR) is 53.6 cm³/mol. The predicted octanol–water partition coefficient (Wildman–Crippen LogP) is 1.80. The van der Waals surface area contributed by atoms with Crippen molar-refractivity contribution in [3.63, 3.8) is 0 Å². The zero-order chi connectivity index (χ0) is 8.39. The topological polar surface area (TPSA) is 38.0 Å². The fourth-order valence-electron chi connectivity index (χ4n) is 1.68. The summed E-state index contributed by atoms with van der Waals surface area (Å²) in [7, 11) is 0. The minimum Gasteiger partial charge on any atom is -0.391 e. The van der Waals surface area contributed by atoms with Crippen molar-refractivity contribution in [1.82, 2.24) is 5.32 Å². The minimum absolute atomic E-state index is 0.709. The molecular formula is C9H14N2S. The summed E-state index contributed by atoms with van der Waals surface area (Å²) in [5, 5.41) is 4.35. The smallest absolute Gasteiger partial charge is 0.0859 e. The van der Waals surface area contributed by atoms with E-state index in [-0.39, 0.29) is 0 Å². The monoisotopic (exact) mass is 182 g/mol. The van der Waals surface area contributed by atoms with Crippen LogP contribution in [0.25, 0.3) is 0 Å². The van der Waals surface area contributed by atoms with Crippen LogP contribution in [0.15, 0.2) is 12.1 Å². The van der Waals surface area contributed by atoms with E-state index in [2.05, 4.69) is 11.4 Å². The first-order valence-electron chi connectivity index (χ1n) is 4.42. The van der Waals surface area contributed by atoms with Crippen molar-refractivity contribution in [3.8, 4) is 0 Å². The summed E-state index contributed by atoms with van der Waals surface area (Å²) in [4.78, 5) is 1.44. The standard InChI is InChI=1S/C9H14N2S/c10-9-4-3-8(12-9)7-2-1-5-11-6-7/h3-4,7,11H,1-2,5-6,10H2. The van der Waals surface area contributed by atoms with E-state index in [1.807, 2.05) is 6.07 Å². The van der Waals surface area contributed by atoms with Gasteiger partial charge in [0.25, 0.3) is 0 Å². The van der Waals surface area contributed by atoms with Crippen LogP contribution in [0.2, 0.25) is 0 Å². The lowest BCUT2D eigenvalue weighted by molar-refractivity contribution is 0.466. The lowest BCUT2D eigenvalue weighted by atomic mass is 9.98. The normalized spacial score (nSPS) is 24.2. The quantitative estimate of drug-likeness (QED) is 0.695. The Morgan fingerprint density at radius 1 is 1.50 bits per heavy atom. The Labute approximate surface area is 76.8 Å². The maximum Gasteiger partial charge on any atom is 0.0859 e. The molecule has 2 nitrogen and oxygen atoms in total. The highest BCUT2D eigenvalue weighted by Gasteiger charge is 2.16. The molecule has 1 unspecified atom stereocenters.